The summed E-state index contributed by atoms with van der Waals surface area (Å²) < 4.78 is 39.8. The molecule has 5 rings (SSSR count). The van der Waals surface area contributed by atoms with E-state index in [4.69, 9.17) is 9.47 Å². The number of aromatic nitrogens is 3. The van der Waals surface area contributed by atoms with Crippen LogP contribution in [0.5, 0.6) is 11.5 Å². The fourth-order valence-corrected chi connectivity index (χ4v) is 6.19. The maximum Gasteiger partial charge on any atom is 0.295 e. The summed E-state index contributed by atoms with van der Waals surface area (Å²) in [6.07, 6.45) is -1.13. The lowest BCUT2D eigenvalue weighted by molar-refractivity contribution is -0.120. The van der Waals surface area contributed by atoms with Gasteiger partial charge in [0.25, 0.3) is 12.0 Å². The monoisotopic (exact) mass is 568 g/mol. The van der Waals surface area contributed by atoms with E-state index in [1.807, 2.05) is 42.2 Å². The van der Waals surface area contributed by atoms with Crippen LogP contribution >= 0.6 is 11.3 Å². The summed E-state index contributed by atoms with van der Waals surface area (Å²) in [6, 6.07) is 14.4. The smallest absolute Gasteiger partial charge is 0.295 e. The Morgan fingerprint density at radius 3 is 2.60 bits per heavy atom. The van der Waals surface area contributed by atoms with Crippen LogP contribution in [0.3, 0.4) is 0 Å². The van der Waals surface area contributed by atoms with E-state index in [1.165, 1.54) is 14.2 Å². The number of halogens is 2. The van der Waals surface area contributed by atoms with Crippen LogP contribution in [0.15, 0.2) is 53.3 Å². The van der Waals surface area contributed by atoms with Crippen molar-refractivity contribution in [2.75, 3.05) is 25.7 Å². The van der Waals surface area contributed by atoms with Gasteiger partial charge in [-0.25, -0.2) is 18.7 Å². The highest BCUT2D eigenvalue weighted by atomic mass is 32.1. The average Bonchev–Trinajstić information content (AvgIpc) is 3.62. The maximum atomic E-state index is 14.1. The number of ketones is 1. The predicted molar refractivity (Wildman–Crippen MR) is 150 cm³/mol. The first kappa shape index (κ1) is 27.7. The van der Waals surface area contributed by atoms with E-state index < -0.39 is 17.8 Å². The minimum absolute atomic E-state index is 0.00707. The van der Waals surface area contributed by atoms with Gasteiger partial charge in [-0.2, -0.15) is 0 Å². The molecule has 0 bridgehead atoms. The molecule has 2 aromatic heterocycles. The number of thiazole rings is 1. The number of benzene rings is 2. The van der Waals surface area contributed by atoms with Gasteiger partial charge in [0, 0.05) is 24.6 Å². The van der Waals surface area contributed by atoms with Crippen molar-refractivity contribution in [1.29, 1.82) is 0 Å². The molecule has 210 valence electrons. The first-order valence-electron chi connectivity index (χ1n) is 13.0. The van der Waals surface area contributed by atoms with E-state index in [-0.39, 0.29) is 34.6 Å². The molecule has 0 N–H and O–H groups in total. The van der Waals surface area contributed by atoms with Gasteiger partial charge in [-0.1, -0.05) is 48.6 Å². The highest BCUT2D eigenvalue weighted by Crippen LogP contribution is 2.34. The predicted octanol–water partition coefficient (Wildman–Crippen LogP) is 5.59. The third-order valence-corrected chi connectivity index (χ3v) is 8.29. The van der Waals surface area contributed by atoms with Crippen molar-refractivity contribution < 1.29 is 23.0 Å². The largest absolute Gasteiger partial charge is 0.497 e. The first-order valence-corrected chi connectivity index (χ1v) is 13.9. The molecule has 0 spiro atoms. The van der Waals surface area contributed by atoms with Crippen molar-refractivity contribution in [1.82, 2.24) is 14.5 Å². The van der Waals surface area contributed by atoms with Gasteiger partial charge in [0.15, 0.2) is 27.1 Å². The fourth-order valence-electron chi connectivity index (χ4n) is 5.18. The van der Waals surface area contributed by atoms with Gasteiger partial charge in [0.1, 0.15) is 11.5 Å². The standard InChI is InChI=1S/C29H30F2N4O4S/c1-17(18-8-5-4-6-9-18)14-22(36)21-10-7-13-34(21)29-32-24-27(40-29)33-26(25(30)31)35(28(24)37)16-19-11-12-20(38-2)15-23(19)39-3/h4-6,8-9,11-12,15,17,21,25H,7,10,13-14,16H2,1-3H3/t17-,21+/m0/s1. The van der Waals surface area contributed by atoms with Gasteiger partial charge < -0.3 is 14.4 Å². The SMILES string of the molecule is COc1ccc(Cn2c(C(F)F)nc3sc(N4CCC[C@@H]4C(=O)C[C@H](C)c4ccccc4)nc3c2=O)c(OC)c1. The molecule has 8 nitrogen and oxygen atoms in total. The zero-order valence-corrected chi connectivity index (χ0v) is 23.3. The van der Waals surface area contributed by atoms with Crippen molar-refractivity contribution in [3.05, 3.63) is 75.8 Å². The molecule has 2 aromatic carbocycles. The van der Waals surface area contributed by atoms with Crippen LogP contribution in [0.4, 0.5) is 13.9 Å². The van der Waals surface area contributed by atoms with Gasteiger partial charge in [-0.3, -0.25) is 14.2 Å². The Labute approximate surface area is 234 Å². The summed E-state index contributed by atoms with van der Waals surface area (Å²) in [5, 5.41) is 0.447. The number of Topliss-reactive ketones (excluding diaryl/α,β-unsaturated/α-hetero) is 1. The summed E-state index contributed by atoms with van der Waals surface area (Å²) in [4.78, 5) is 37.6. The molecule has 11 heteroatoms. The third kappa shape index (κ3) is 5.42. The summed E-state index contributed by atoms with van der Waals surface area (Å²) in [6.45, 7) is 2.44. The zero-order chi connectivity index (χ0) is 28.4. The maximum absolute atomic E-state index is 14.1. The molecule has 0 amide bonds. The summed E-state index contributed by atoms with van der Waals surface area (Å²) >= 11 is 1.07. The number of hydrogen-bond donors (Lipinski definition) is 0. The van der Waals surface area contributed by atoms with Gasteiger partial charge in [-0.15, -0.1) is 0 Å². The zero-order valence-electron chi connectivity index (χ0n) is 22.5. The second-order valence-corrected chi connectivity index (χ2v) is 10.8. The highest BCUT2D eigenvalue weighted by molar-refractivity contribution is 7.21. The Morgan fingerprint density at radius 1 is 1.12 bits per heavy atom. The molecule has 3 heterocycles. The lowest BCUT2D eigenvalue weighted by atomic mass is 9.93. The van der Waals surface area contributed by atoms with E-state index >= 15 is 0 Å². The summed E-state index contributed by atoms with van der Waals surface area (Å²) in [5.74, 6) is 0.444. The molecule has 2 atom stereocenters. The summed E-state index contributed by atoms with van der Waals surface area (Å²) in [7, 11) is 2.96. The number of methoxy groups -OCH3 is 2. The number of fused-ring (bicyclic) bond motifs is 1. The Hall–Kier alpha value is -3.86. The fraction of sp³-hybridized carbons (Fsp3) is 0.379. The number of carbonyl (C=O) groups is 1. The molecule has 1 aliphatic heterocycles. The van der Waals surface area contributed by atoms with Crippen LogP contribution in [0, 0.1) is 0 Å². The highest BCUT2D eigenvalue weighted by Gasteiger charge is 2.34. The number of carbonyl (C=O) groups excluding carboxylic acids is 1. The van der Waals surface area contributed by atoms with Crippen LogP contribution < -0.4 is 19.9 Å². The van der Waals surface area contributed by atoms with E-state index in [0.29, 0.717) is 41.6 Å². The first-order chi connectivity index (χ1) is 19.3. The Balaban J connectivity index is 1.46. The molecular formula is C29H30F2N4O4S. The number of rotatable bonds is 10. The van der Waals surface area contributed by atoms with E-state index in [0.717, 1.165) is 27.9 Å². The van der Waals surface area contributed by atoms with E-state index in [1.54, 1.807) is 18.2 Å². The van der Waals surface area contributed by atoms with Crippen molar-refractivity contribution in [3.63, 3.8) is 0 Å². The van der Waals surface area contributed by atoms with Crippen LogP contribution in [-0.2, 0) is 11.3 Å². The van der Waals surface area contributed by atoms with Crippen molar-refractivity contribution in [2.45, 2.75) is 51.1 Å². The second kappa shape index (κ2) is 11.7. The van der Waals surface area contributed by atoms with E-state index in [9.17, 15) is 18.4 Å². The summed E-state index contributed by atoms with van der Waals surface area (Å²) in [5.41, 5.74) is 0.952. The molecule has 1 fully saturated rings. The molecular weight excluding hydrogens is 538 g/mol. The molecule has 1 saturated heterocycles. The Kier molecular flexibility index (Phi) is 8.11. The van der Waals surface area contributed by atoms with Crippen molar-refractivity contribution in [2.24, 2.45) is 0 Å². The number of anilines is 1. The van der Waals surface area contributed by atoms with Gasteiger partial charge in [0.05, 0.1) is 26.8 Å². The number of hydrogen-bond acceptors (Lipinski definition) is 8. The quantitative estimate of drug-likeness (QED) is 0.247. The number of nitrogens with zero attached hydrogens (tertiary/aromatic N) is 4. The topological polar surface area (TPSA) is 86.5 Å². The van der Waals surface area contributed by atoms with Gasteiger partial charge in [-0.05, 0) is 36.5 Å². The molecule has 0 radical (unpaired) electrons. The molecule has 0 aliphatic carbocycles. The third-order valence-electron chi connectivity index (χ3n) is 7.30. The van der Waals surface area contributed by atoms with Crippen LogP contribution in [0.1, 0.15) is 55.5 Å². The molecule has 0 unspecified atom stereocenters. The Bertz CT molecular complexity index is 1570. The average molecular weight is 569 g/mol. The minimum atomic E-state index is -2.98. The molecule has 40 heavy (non-hydrogen) atoms. The van der Waals surface area contributed by atoms with Gasteiger partial charge in [0.2, 0.25) is 0 Å². The number of ether oxygens (including phenoxy) is 2. The lowest BCUT2D eigenvalue weighted by Gasteiger charge is -2.24. The van der Waals surface area contributed by atoms with Crippen LogP contribution in [-0.4, -0.2) is 47.1 Å². The Morgan fingerprint density at radius 2 is 1.90 bits per heavy atom. The molecule has 4 aromatic rings. The van der Waals surface area contributed by atoms with Crippen LogP contribution in [0.25, 0.3) is 10.3 Å². The molecule has 0 saturated carbocycles. The van der Waals surface area contributed by atoms with E-state index in [2.05, 4.69) is 9.97 Å². The lowest BCUT2D eigenvalue weighted by Crippen LogP contribution is -2.36. The van der Waals surface area contributed by atoms with Crippen LogP contribution in [0.2, 0.25) is 0 Å². The minimum Gasteiger partial charge on any atom is -0.497 e. The van der Waals surface area contributed by atoms with Crippen molar-refractivity contribution in [3.8, 4) is 11.5 Å². The normalized spacial score (nSPS) is 16.1. The van der Waals surface area contributed by atoms with Crippen molar-refractivity contribution >= 4 is 32.6 Å². The molecule has 1 aliphatic rings. The number of alkyl halides is 2. The second-order valence-electron chi connectivity index (χ2n) is 9.82. The van der Waals surface area contributed by atoms with Gasteiger partial charge >= 0.3 is 0 Å².